The molecule has 0 aromatic heterocycles. The normalized spacial score (nSPS) is 24.4. The topological polar surface area (TPSA) is 50.7 Å². The molecule has 1 heterocycles. The number of methoxy groups -OCH3 is 2. The van der Waals surface area contributed by atoms with Gasteiger partial charge in [0.1, 0.15) is 0 Å². The molecule has 0 spiro atoms. The number of aliphatic hydroxyl groups excluding tert-OH is 1. The lowest BCUT2D eigenvalue weighted by molar-refractivity contribution is 0.158. The first-order valence-corrected chi connectivity index (χ1v) is 5.40. The summed E-state index contributed by atoms with van der Waals surface area (Å²) in [6, 6.07) is 5.64. The van der Waals surface area contributed by atoms with Crippen LogP contribution >= 0.6 is 0 Å². The summed E-state index contributed by atoms with van der Waals surface area (Å²) in [5.41, 5.74) is 0.951. The van der Waals surface area contributed by atoms with Crippen LogP contribution in [-0.4, -0.2) is 32.0 Å². The number of ether oxygens (including phenoxy) is 2. The molecule has 16 heavy (non-hydrogen) atoms. The zero-order valence-electron chi connectivity index (χ0n) is 9.56. The molecule has 0 saturated carbocycles. The van der Waals surface area contributed by atoms with Crippen LogP contribution in [0.5, 0.6) is 11.5 Å². The molecular formula is C12H17NO3. The van der Waals surface area contributed by atoms with E-state index in [2.05, 4.69) is 5.32 Å². The van der Waals surface area contributed by atoms with Crippen LogP contribution in [0.2, 0.25) is 0 Å². The quantitative estimate of drug-likeness (QED) is 0.805. The van der Waals surface area contributed by atoms with Crippen LogP contribution < -0.4 is 14.8 Å². The maximum Gasteiger partial charge on any atom is 0.165 e. The number of aliphatic hydroxyl groups is 1. The summed E-state index contributed by atoms with van der Waals surface area (Å²) in [4.78, 5) is 0. The molecule has 4 nitrogen and oxygen atoms in total. The van der Waals surface area contributed by atoms with Crippen molar-refractivity contribution >= 4 is 0 Å². The van der Waals surface area contributed by atoms with E-state index >= 15 is 0 Å². The summed E-state index contributed by atoms with van der Waals surface area (Å²) in [5, 5.41) is 13.1. The molecule has 1 saturated heterocycles. The van der Waals surface area contributed by atoms with Gasteiger partial charge in [0.2, 0.25) is 0 Å². The van der Waals surface area contributed by atoms with Gasteiger partial charge in [0.15, 0.2) is 11.5 Å². The van der Waals surface area contributed by atoms with Gasteiger partial charge in [-0.1, -0.05) is 12.1 Å². The molecule has 0 radical (unpaired) electrons. The highest BCUT2D eigenvalue weighted by molar-refractivity contribution is 5.48. The lowest BCUT2D eigenvalue weighted by atomic mass is 10.0. The molecule has 1 aromatic rings. The smallest absolute Gasteiger partial charge is 0.165 e. The summed E-state index contributed by atoms with van der Waals surface area (Å²) >= 11 is 0. The molecule has 2 atom stereocenters. The number of rotatable bonds is 3. The molecule has 0 aliphatic carbocycles. The molecule has 0 amide bonds. The predicted molar refractivity (Wildman–Crippen MR) is 60.9 cm³/mol. The summed E-state index contributed by atoms with van der Waals surface area (Å²) in [6.45, 7) is 0.826. The molecule has 88 valence electrons. The zero-order valence-corrected chi connectivity index (χ0v) is 9.56. The van der Waals surface area contributed by atoms with Crippen LogP contribution in [-0.2, 0) is 0 Å². The van der Waals surface area contributed by atoms with Gasteiger partial charge < -0.3 is 19.9 Å². The van der Waals surface area contributed by atoms with Crippen molar-refractivity contribution in [3.63, 3.8) is 0 Å². The van der Waals surface area contributed by atoms with E-state index in [1.54, 1.807) is 14.2 Å². The van der Waals surface area contributed by atoms with Crippen LogP contribution in [0.25, 0.3) is 0 Å². The van der Waals surface area contributed by atoms with Crippen LogP contribution in [0.1, 0.15) is 18.0 Å². The van der Waals surface area contributed by atoms with Crippen LogP contribution in [0.3, 0.4) is 0 Å². The summed E-state index contributed by atoms with van der Waals surface area (Å²) in [7, 11) is 3.23. The Labute approximate surface area is 95.2 Å². The summed E-state index contributed by atoms with van der Waals surface area (Å²) in [6.07, 6.45) is 0.409. The van der Waals surface area contributed by atoms with E-state index < -0.39 is 0 Å². The molecule has 1 aromatic carbocycles. The van der Waals surface area contributed by atoms with Gasteiger partial charge in [-0.05, 0) is 19.0 Å². The molecule has 4 heteroatoms. The second-order valence-electron chi connectivity index (χ2n) is 3.87. The van der Waals surface area contributed by atoms with Gasteiger partial charge in [-0.15, -0.1) is 0 Å². The maximum atomic E-state index is 9.87. The van der Waals surface area contributed by atoms with Crippen molar-refractivity contribution in [1.29, 1.82) is 0 Å². The first-order chi connectivity index (χ1) is 7.77. The zero-order chi connectivity index (χ0) is 11.5. The molecule has 2 N–H and O–H groups in total. The van der Waals surface area contributed by atoms with Crippen molar-refractivity contribution in [3.05, 3.63) is 23.8 Å². The predicted octanol–water partition coefficient (Wildman–Crippen LogP) is 1.10. The van der Waals surface area contributed by atoms with Crippen molar-refractivity contribution in [3.8, 4) is 11.5 Å². The number of hydrogen-bond acceptors (Lipinski definition) is 4. The largest absolute Gasteiger partial charge is 0.493 e. The molecule has 2 rings (SSSR count). The Kier molecular flexibility index (Phi) is 3.31. The fourth-order valence-electron chi connectivity index (χ4n) is 2.16. The Hall–Kier alpha value is -1.26. The second kappa shape index (κ2) is 4.72. The minimum atomic E-state index is -0.360. The fraction of sp³-hybridized carbons (Fsp3) is 0.500. The van der Waals surface area contributed by atoms with E-state index in [9.17, 15) is 5.11 Å². The Morgan fingerprint density at radius 1 is 1.31 bits per heavy atom. The number of hydrogen-bond donors (Lipinski definition) is 2. The Morgan fingerprint density at radius 3 is 2.69 bits per heavy atom. The Bertz CT molecular complexity index is 367. The lowest BCUT2D eigenvalue weighted by Gasteiger charge is -2.19. The van der Waals surface area contributed by atoms with Gasteiger partial charge in [-0.2, -0.15) is 0 Å². The van der Waals surface area contributed by atoms with Crippen LogP contribution in [0.15, 0.2) is 18.2 Å². The van der Waals surface area contributed by atoms with Crippen molar-refractivity contribution in [2.24, 2.45) is 0 Å². The molecular weight excluding hydrogens is 206 g/mol. The highest BCUT2D eigenvalue weighted by atomic mass is 16.5. The average Bonchev–Trinajstić information content (AvgIpc) is 2.74. The minimum Gasteiger partial charge on any atom is -0.493 e. The SMILES string of the molecule is COc1cccc(C2NCCC2O)c1OC. The minimum absolute atomic E-state index is 0.0648. The van der Waals surface area contributed by atoms with E-state index in [1.807, 2.05) is 18.2 Å². The van der Waals surface area contributed by atoms with Crippen LogP contribution in [0, 0.1) is 0 Å². The fourth-order valence-corrected chi connectivity index (χ4v) is 2.16. The van der Waals surface area contributed by atoms with Gasteiger partial charge in [-0.25, -0.2) is 0 Å². The number of benzene rings is 1. The third-order valence-corrected chi connectivity index (χ3v) is 2.96. The molecule has 1 aliphatic heterocycles. The second-order valence-corrected chi connectivity index (χ2v) is 3.87. The molecule has 1 aliphatic rings. The highest BCUT2D eigenvalue weighted by Gasteiger charge is 2.29. The Balaban J connectivity index is 2.39. The Morgan fingerprint density at radius 2 is 2.12 bits per heavy atom. The monoisotopic (exact) mass is 223 g/mol. The number of nitrogens with one attached hydrogen (secondary N) is 1. The van der Waals surface area contributed by atoms with Gasteiger partial charge in [-0.3, -0.25) is 0 Å². The third-order valence-electron chi connectivity index (χ3n) is 2.96. The van der Waals surface area contributed by atoms with E-state index in [1.165, 1.54) is 0 Å². The van der Waals surface area contributed by atoms with Crippen molar-refractivity contribution < 1.29 is 14.6 Å². The number of para-hydroxylation sites is 1. The van der Waals surface area contributed by atoms with Gasteiger partial charge in [0.05, 0.1) is 26.4 Å². The van der Waals surface area contributed by atoms with Gasteiger partial charge in [0, 0.05) is 5.56 Å². The standard InChI is InChI=1S/C12H17NO3/c1-15-10-5-3-4-8(12(10)16-2)11-9(14)6-7-13-11/h3-5,9,11,13-14H,6-7H2,1-2H3. The molecule has 1 fully saturated rings. The van der Waals surface area contributed by atoms with E-state index in [0.717, 1.165) is 18.5 Å². The lowest BCUT2D eigenvalue weighted by Crippen LogP contribution is -2.21. The van der Waals surface area contributed by atoms with E-state index in [0.29, 0.717) is 11.5 Å². The third kappa shape index (κ3) is 1.86. The maximum absolute atomic E-state index is 9.87. The molecule has 0 bridgehead atoms. The first kappa shape index (κ1) is 11.2. The van der Waals surface area contributed by atoms with E-state index in [4.69, 9.17) is 9.47 Å². The van der Waals surface area contributed by atoms with Crippen molar-refractivity contribution in [1.82, 2.24) is 5.32 Å². The van der Waals surface area contributed by atoms with Crippen molar-refractivity contribution in [2.45, 2.75) is 18.6 Å². The van der Waals surface area contributed by atoms with E-state index in [-0.39, 0.29) is 12.1 Å². The highest BCUT2D eigenvalue weighted by Crippen LogP contribution is 2.37. The van der Waals surface area contributed by atoms with Gasteiger partial charge in [0.25, 0.3) is 0 Å². The summed E-state index contributed by atoms with van der Waals surface area (Å²) < 4.78 is 10.6. The van der Waals surface area contributed by atoms with Crippen molar-refractivity contribution in [2.75, 3.05) is 20.8 Å². The summed E-state index contributed by atoms with van der Waals surface area (Å²) in [5.74, 6) is 1.39. The average molecular weight is 223 g/mol. The first-order valence-electron chi connectivity index (χ1n) is 5.40. The van der Waals surface area contributed by atoms with Gasteiger partial charge >= 0.3 is 0 Å². The van der Waals surface area contributed by atoms with Crippen LogP contribution in [0.4, 0.5) is 0 Å². The molecule has 2 unspecified atom stereocenters.